The van der Waals surface area contributed by atoms with Crippen molar-refractivity contribution in [2.75, 3.05) is 26.4 Å². The lowest BCUT2D eigenvalue weighted by atomic mass is 9.96. The van der Waals surface area contributed by atoms with Crippen LogP contribution in [0, 0.1) is 0 Å². The molecule has 12 N–H and O–H groups in total. The SMILES string of the molecule is CCCCCCCCCCCCCCCCCCCCCCCCCCCCCCCCCCCCCCCC(=O)NC(COC1OC(CO)C(OC2OC(CO)C(OC3OC(CO)C(O)C(O)C3O)C(O)C2O)C(O)C1O)C(O)CCCCCCC. The van der Waals surface area contributed by atoms with Crippen LogP contribution < -0.4 is 5.32 Å². The van der Waals surface area contributed by atoms with Crippen LogP contribution in [0.5, 0.6) is 0 Å². The van der Waals surface area contributed by atoms with Gasteiger partial charge in [0.05, 0.1) is 38.6 Å². The molecule has 0 aromatic rings. The maximum absolute atomic E-state index is 13.3. The highest BCUT2D eigenvalue weighted by Crippen LogP contribution is 2.33. The Labute approximate surface area is 525 Å². The summed E-state index contributed by atoms with van der Waals surface area (Å²) in [6, 6.07) is -0.878. The second-order valence-corrected chi connectivity index (χ2v) is 26.1. The van der Waals surface area contributed by atoms with Gasteiger partial charge in [0.1, 0.15) is 73.2 Å². The van der Waals surface area contributed by atoms with Gasteiger partial charge in [-0.1, -0.05) is 277 Å². The molecule has 17 unspecified atom stereocenters. The average molecular weight is 1250 g/mol. The van der Waals surface area contributed by atoms with E-state index in [1.807, 2.05) is 0 Å². The zero-order valence-electron chi connectivity index (χ0n) is 54.5. The molecule has 0 radical (unpaired) electrons. The van der Waals surface area contributed by atoms with Crippen molar-refractivity contribution in [2.45, 2.75) is 401 Å². The number of aliphatic hydroxyl groups excluding tert-OH is 11. The third kappa shape index (κ3) is 33.5. The number of carbonyl (C=O) groups excluding carboxylic acids is 1. The summed E-state index contributed by atoms with van der Waals surface area (Å²) in [4.78, 5) is 13.3. The first-order chi connectivity index (χ1) is 42.3. The van der Waals surface area contributed by atoms with E-state index in [4.69, 9.17) is 28.4 Å². The second-order valence-electron chi connectivity index (χ2n) is 26.1. The first-order valence-electron chi connectivity index (χ1n) is 35.8. The number of carbonyl (C=O) groups is 1. The zero-order valence-corrected chi connectivity index (χ0v) is 54.5. The summed E-state index contributed by atoms with van der Waals surface area (Å²) in [6.07, 6.45) is 29.0. The molecular weight excluding hydrogens is 1120 g/mol. The molecular formula is C68H131NO18. The molecule has 19 heteroatoms. The number of rotatable bonds is 56. The first kappa shape index (κ1) is 80.0. The fourth-order valence-corrected chi connectivity index (χ4v) is 12.6. The van der Waals surface area contributed by atoms with Crippen LogP contribution in [0.4, 0.5) is 0 Å². The summed E-state index contributed by atoms with van der Waals surface area (Å²) in [5.41, 5.74) is 0. The van der Waals surface area contributed by atoms with Crippen molar-refractivity contribution in [2.24, 2.45) is 0 Å². The fourth-order valence-electron chi connectivity index (χ4n) is 12.6. The molecule has 17 atom stereocenters. The highest BCUT2D eigenvalue weighted by Gasteiger charge is 2.53. The first-order valence-corrected chi connectivity index (χ1v) is 35.8. The summed E-state index contributed by atoms with van der Waals surface area (Å²) in [6.45, 7) is 1.72. The Morgan fingerprint density at radius 2 is 0.655 bits per heavy atom. The van der Waals surface area contributed by atoms with Gasteiger partial charge in [-0.25, -0.2) is 0 Å². The highest BCUT2D eigenvalue weighted by molar-refractivity contribution is 5.76. The van der Waals surface area contributed by atoms with Crippen LogP contribution in [0.25, 0.3) is 0 Å². The molecule has 19 nitrogen and oxygen atoms in total. The number of ether oxygens (including phenoxy) is 6. The van der Waals surface area contributed by atoms with Gasteiger partial charge in [-0.3, -0.25) is 4.79 Å². The maximum atomic E-state index is 13.3. The smallest absolute Gasteiger partial charge is 0.220 e. The lowest BCUT2D eigenvalue weighted by Crippen LogP contribution is -2.66. The van der Waals surface area contributed by atoms with Crippen LogP contribution in [-0.4, -0.2) is 193 Å². The van der Waals surface area contributed by atoms with Crippen molar-refractivity contribution < 1.29 is 89.4 Å². The molecule has 0 spiro atoms. The number of hydrogen-bond donors (Lipinski definition) is 12. The Hall–Kier alpha value is -1.21. The number of hydrogen-bond acceptors (Lipinski definition) is 18. The van der Waals surface area contributed by atoms with Gasteiger partial charge in [-0.2, -0.15) is 0 Å². The van der Waals surface area contributed by atoms with Gasteiger partial charge in [0, 0.05) is 6.42 Å². The standard InChI is InChI=1S/C68H131NO18/c1-3-5-7-9-10-11-12-13-14-15-16-17-18-19-20-21-22-23-24-25-26-27-28-29-30-31-32-33-34-35-36-37-38-39-40-42-44-46-56(74)69-51(52(73)45-43-41-8-6-4-2)50-82-66-62(80)59(77)64(54(48-71)84-66)87-68-63(81)60(78)65(55(49-72)85-68)86-67-61(79)58(76)57(75)53(47-70)83-67/h51-55,57-68,70-73,75-81H,3-50H2,1-2H3,(H,69,74). The molecule has 1 amide bonds. The van der Waals surface area contributed by atoms with Gasteiger partial charge < -0.3 is 89.9 Å². The molecule has 0 aromatic heterocycles. The monoisotopic (exact) mass is 1250 g/mol. The maximum Gasteiger partial charge on any atom is 0.220 e. The van der Waals surface area contributed by atoms with Crippen LogP contribution in [0.15, 0.2) is 0 Å². The van der Waals surface area contributed by atoms with Crippen molar-refractivity contribution in [3.63, 3.8) is 0 Å². The lowest BCUT2D eigenvalue weighted by Gasteiger charge is -2.48. The number of unbranched alkanes of at least 4 members (excludes halogenated alkanes) is 40. The van der Waals surface area contributed by atoms with Crippen molar-refractivity contribution >= 4 is 5.91 Å². The molecule has 516 valence electrons. The van der Waals surface area contributed by atoms with Crippen LogP contribution in [0.1, 0.15) is 296 Å². The number of nitrogens with one attached hydrogen (secondary N) is 1. The minimum atomic E-state index is -1.97. The number of amides is 1. The third-order valence-electron chi connectivity index (χ3n) is 18.4. The van der Waals surface area contributed by atoms with Gasteiger partial charge in [-0.05, 0) is 12.8 Å². The van der Waals surface area contributed by atoms with E-state index in [-0.39, 0.29) is 18.9 Å². The van der Waals surface area contributed by atoms with E-state index in [9.17, 15) is 61.0 Å². The Morgan fingerprint density at radius 1 is 0.368 bits per heavy atom. The topological polar surface area (TPSA) is 307 Å². The van der Waals surface area contributed by atoms with E-state index in [1.54, 1.807) is 0 Å². The van der Waals surface area contributed by atoms with Gasteiger partial charge in [0.2, 0.25) is 5.91 Å². The van der Waals surface area contributed by atoms with E-state index >= 15 is 0 Å². The Morgan fingerprint density at radius 3 is 1.00 bits per heavy atom. The molecule has 3 rings (SSSR count). The van der Waals surface area contributed by atoms with Gasteiger partial charge in [0.25, 0.3) is 0 Å². The number of aliphatic hydroxyl groups is 11. The largest absolute Gasteiger partial charge is 0.394 e. The van der Waals surface area contributed by atoms with Crippen molar-refractivity contribution in [1.82, 2.24) is 5.32 Å². The summed E-state index contributed by atoms with van der Waals surface area (Å²) < 4.78 is 34.2. The predicted molar refractivity (Wildman–Crippen MR) is 337 cm³/mol. The van der Waals surface area contributed by atoms with Gasteiger partial charge in [0.15, 0.2) is 18.9 Å². The molecule has 3 aliphatic heterocycles. The molecule has 0 aliphatic carbocycles. The summed E-state index contributed by atoms with van der Waals surface area (Å²) in [7, 11) is 0. The lowest BCUT2D eigenvalue weighted by molar-refractivity contribution is -0.379. The summed E-state index contributed by atoms with van der Waals surface area (Å²) >= 11 is 0. The normalized spacial score (nSPS) is 28.5. The third-order valence-corrected chi connectivity index (χ3v) is 18.4. The van der Waals surface area contributed by atoms with Crippen molar-refractivity contribution in [3.05, 3.63) is 0 Å². The minimum Gasteiger partial charge on any atom is -0.394 e. The van der Waals surface area contributed by atoms with E-state index in [2.05, 4.69) is 19.2 Å². The van der Waals surface area contributed by atoms with Crippen LogP contribution >= 0.6 is 0 Å². The van der Waals surface area contributed by atoms with Crippen molar-refractivity contribution in [1.29, 1.82) is 0 Å². The van der Waals surface area contributed by atoms with Crippen molar-refractivity contribution in [3.8, 4) is 0 Å². The predicted octanol–water partition coefficient (Wildman–Crippen LogP) is 9.50. The summed E-state index contributed by atoms with van der Waals surface area (Å²) in [5, 5.41) is 120. The molecule has 3 saturated heterocycles. The van der Waals surface area contributed by atoms with E-state index in [0.717, 1.165) is 51.4 Å². The highest BCUT2D eigenvalue weighted by atomic mass is 16.8. The Balaban J connectivity index is 1.22. The van der Waals surface area contributed by atoms with Gasteiger partial charge >= 0.3 is 0 Å². The molecule has 3 aliphatic rings. The van der Waals surface area contributed by atoms with Crippen LogP contribution in [0.3, 0.4) is 0 Å². The van der Waals surface area contributed by atoms with E-state index in [0.29, 0.717) is 12.8 Å². The van der Waals surface area contributed by atoms with E-state index < -0.39 is 124 Å². The quantitative estimate of drug-likeness (QED) is 0.0252. The van der Waals surface area contributed by atoms with Crippen LogP contribution in [-0.2, 0) is 33.2 Å². The fraction of sp³-hybridized carbons (Fsp3) is 0.985. The molecule has 87 heavy (non-hydrogen) atoms. The molecule has 0 aromatic carbocycles. The minimum absolute atomic E-state index is 0.243. The zero-order chi connectivity index (χ0) is 63.3. The molecule has 3 heterocycles. The Kier molecular flexibility index (Phi) is 47.1. The molecule has 3 fully saturated rings. The Bertz CT molecular complexity index is 1590. The van der Waals surface area contributed by atoms with Gasteiger partial charge in [-0.15, -0.1) is 0 Å². The van der Waals surface area contributed by atoms with E-state index in [1.165, 1.54) is 212 Å². The molecule has 0 saturated carbocycles. The van der Waals surface area contributed by atoms with Crippen LogP contribution in [0.2, 0.25) is 0 Å². The molecule has 0 bridgehead atoms. The average Bonchev–Trinajstić information content (AvgIpc) is 2.33. The summed E-state index contributed by atoms with van der Waals surface area (Å²) in [5.74, 6) is -0.243. The second kappa shape index (κ2) is 51.2.